The first-order chi connectivity index (χ1) is 10.6. The van der Waals surface area contributed by atoms with E-state index in [4.69, 9.17) is 0 Å². The zero-order chi connectivity index (χ0) is 15.5. The Hall–Kier alpha value is -1.31. The largest absolute Gasteiger partial charge is 1.00 e. The van der Waals surface area contributed by atoms with E-state index >= 15 is 0 Å². The van der Waals surface area contributed by atoms with E-state index in [1.54, 1.807) is 11.3 Å². The van der Waals surface area contributed by atoms with Crippen LogP contribution in [0.1, 0.15) is 22.6 Å². The Balaban J connectivity index is 0.00000192. The van der Waals surface area contributed by atoms with Gasteiger partial charge in [-0.1, -0.05) is 0 Å². The molecule has 1 aliphatic heterocycles. The minimum absolute atomic E-state index is 0. The zero-order valence-electron chi connectivity index (χ0n) is 13.4. The highest BCUT2D eigenvalue weighted by molar-refractivity contribution is 7.15. The first-order valence-electron chi connectivity index (χ1n) is 7.53. The maximum atomic E-state index is 12.1. The van der Waals surface area contributed by atoms with Crippen molar-refractivity contribution in [1.82, 2.24) is 9.88 Å². The topological polar surface area (TPSA) is 49.1 Å². The number of carbonyl (C=O) groups excluding carboxylic acids is 1. The average Bonchev–Trinajstić information content (AvgIpc) is 2.88. The number of halogens is 1. The number of carbonyl (C=O) groups is 1. The standard InChI is InChI=1S/C16H20N4OS.BrH/c1-12-3-8-20(9-4-12)10-6-15(21)18-16-17-13-5-7-19(2)11-14(13)22-16;/h3-4,8-9H,5-7,10-11H2,1-2H3;1H. The van der Waals surface area contributed by atoms with Crippen LogP contribution in [0.5, 0.6) is 0 Å². The quantitative estimate of drug-likeness (QED) is 0.657. The lowest BCUT2D eigenvalue weighted by Crippen LogP contribution is -3.00. The second-order valence-corrected chi connectivity index (χ2v) is 6.87. The molecule has 2 aromatic rings. The van der Waals surface area contributed by atoms with Gasteiger partial charge in [0.2, 0.25) is 5.91 Å². The molecule has 1 aliphatic rings. The van der Waals surface area contributed by atoms with Crippen molar-refractivity contribution in [3.63, 3.8) is 0 Å². The van der Waals surface area contributed by atoms with E-state index in [-0.39, 0.29) is 22.9 Å². The fraction of sp³-hybridized carbons (Fsp3) is 0.438. The third kappa shape index (κ3) is 4.83. The number of aryl methyl sites for hydroxylation is 2. The van der Waals surface area contributed by atoms with Crippen molar-refractivity contribution in [3.8, 4) is 0 Å². The molecule has 0 spiro atoms. The van der Waals surface area contributed by atoms with Gasteiger partial charge in [0.1, 0.15) is 0 Å². The van der Waals surface area contributed by atoms with E-state index in [1.165, 1.54) is 10.4 Å². The second-order valence-electron chi connectivity index (χ2n) is 5.79. The van der Waals surface area contributed by atoms with E-state index in [9.17, 15) is 4.79 Å². The molecule has 0 unspecified atom stereocenters. The number of aromatic nitrogens is 2. The number of hydrogen-bond acceptors (Lipinski definition) is 4. The van der Waals surface area contributed by atoms with Crippen LogP contribution >= 0.6 is 11.3 Å². The van der Waals surface area contributed by atoms with Crippen LogP contribution < -0.4 is 26.9 Å². The lowest BCUT2D eigenvalue weighted by Gasteiger charge is -2.20. The lowest BCUT2D eigenvalue weighted by molar-refractivity contribution is -0.695. The molecule has 3 heterocycles. The Morgan fingerprint density at radius 1 is 1.43 bits per heavy atom. The van der Waals surface area contributed by atoms with Gasteiger partial charge in [-0.3, -0.25) is 4.79 Å². The predicted octanol–water partition coefficient (Wildman–Crippen LogP) is -1.24. The van der Waals surface area contributed by atoms with E-state index in [1.807, 2.05) is 29.1 Å². The third-order valence-corrected chi connectivity index (χ3v) is 4.82. The minimum Gasteiger partial charge on any atom is -1.00 e. The van der Waals surface area contributed by atoms with Crippen molar-refractivity contribution in [2.24, 2.45) is 0 Å². The predicted molar refractivity (Wildman–Crippen MR) is 86.8 cm³/mol. The van der Waals surface area contributed by atoms with Crippen LogP contribution in [0.25, 0.3) is 0 Å². The van der Waals surface area contributed by atoms with Gasteiger partial charge in [-0.15, -0.1) is 11.3 Å². The normalized spacial score (nSPS) is 14.0. The number of likely N-dealkylation sites (N-methyl/N-ethyl adjacent to an activating group) is 1. The average molecular weight is 397 g/mol. The highest BCUT2D eigenvalue weighted by atomic mass is 79.9. The molecular formula is C16H21BrN4OS. The minimum atomic E-state index is 0. The summed E-state index contributed by atoms with van der Waals surface area (Å²) in [6.45, 7) is 4.70. The molecule has 0 saturated heterocycles. The van der Waals surface area contributed by atoms with Crippen molar-refractivity contribution < 1.29 is 26.3 Å². The van der Waals surface area contributed by atoms with Crippen LogP contribution in [0.4, 0.5) is 5.13 Å². The zero-order valence-corrected chi connectivity index (χ0v) is 15.8. The summed E-state index contributed by atoms with van der Waals surface area (Å²) >= 11 is 1.60. The van der Waals surface area contributed by atoms with Crippen LogP contribution in [0.3, 0.4) is 0 Å². The highest BCUT2D eigenvalue weighted by Crippen LogP contribution is 2.27. The third-order valence-electron chi connectivity index (χ3n) is 3.82. The van der Waals surface area contributed by atoms with E-state index in [0.29, 0.717) is 13.0 Å². The van der Waals surface area contributed by atoms with Crippen molar-refractivity contribution in [2.45, 2.75) is 32.9 Å². The summed E-state index contributed by atoms with van der Waals surface area (Å²) in [5.74, 6) is 0.0209. The van der Waals surface area contributed by atoms with Gasteiger partial charge in [-0.25, -0.2) is 9.55 Å². The van der Waals surface area contributed by atoms with Crippen LogP contribution in [0.15, 0.2) is 24.5 Å². The van der Waals surface area contributed by atoms with Crippen LogP contribution in [0, 0.1) is 6.92 Å². The number of pyridine rings is 1. The number of nitrogens with one attached hydrogen (secondary N) is 1. The molecule has 7 heteroatoms. The summed E-state index contributed by atoms with van der Waals surface area (Å²) in [7, 11) is 2.11. The van der Waals surface area contributed by atoms with Crippen LogP contribution in [-0.2, 0) is 24.3 Å². The number of anilines is 1. The Kier molecular flexibility index (Phi) is 6.26. The summed E-state index contributed by atoms with van der Waals surface area (Å²) in [5.41, 5.74) is 2.37. The molecule has 1 N–H and O–H groups in total. The van der Waals surface area contributed by atoms with Gasteiger partial charge in [0.15, 0.2) is 24.1 Å². The molecule has 0 aliphatic carbocycles. The molecule has 0 fully saturated rings. The molecular weight excluding hydrogens is 376 g/mol. The fourth-order valence-corrected chi connectivity index (χ4v) is 3.57. The fourth-order valence-electron chi connectivity index (χ4n) is 2.47. The number of amides is 1. The molecule has 0 radical (unpaired) electrons. The molecule has 124 valence electrons. The van der Waals surface area contributed by atoms with Crippen molar-refractivity contribution in [2.75, 3.05) is 18.9 Å². The maximum absolute atomic E-state index is 12.1. The van der Waals surface area contributed by atoms with Gasteiger partial charge >= 0.3 is 0 Å². The molecule has 2 aromatic heterocycles. The number of rotatable bonds is 4. The summed E-state index contributed by atoms with van der Waals surface area (Å²) < 4.78 is 2.02. The number of hydrogen-bond donors (Lipinski definition) is 1. The van der Waals surface area contributed by atoms with Gasteiger partial charge in [0.25, 0.3) is 0 Å². The van der Waals surface area contributed by atoms with Crippen molar-refractivity contribution in [3.05, 3.63) is 40.7 Å². The number of thiazole rings is 1. The van der Waals surface area contributed by atoms with Gasteiger partial charge < -0.3 is 27.2 Å². The van der Waals surface area contributed by atoms with Crippen molar-refractivity contribution in [1.29, 1.82) is 0 Å². The summed E-state index contributed by atoms with van der Waals surface area (Å²) in [6.07, 6.45) is 5.43. The SMILES string of the molecule is Cc1cc[n+](CCC(=O)Nc2nc3c(s2)CN(C)CC3)cc1.[Br-]. The van der Waals surface area contributed by atoms with E-state index in [2.05, 4.69) is 29.2 Å². The molecule has 23 heavy (non-hydrogen) atoms. The molecule has 1 amide bonds. The lowest BCUT2D eigenvalue weighted by atomic mass is 10.2. The van der Waals surface area contributed by atoms with E-state index < -0.39 is 0 Å². The van der Waals surface area contributed by atoms with Gasteiger partial charge in [-0.2, -0.15) is 0 Å². The number of nitrogens with zero attached hydrogens (tertiary/aromatic N) is 3. The molecule has 0 aromatic carbocycles. The molecule has 0 atom stereocenters. The molecule has 5 nitrogen and oxygen atoms in total. The maximum Gasteiger partial charge on any atom is 0.232 e. The summed E-state index contributed by atoms with van der Waals surface area (Å²) in [6, 6.07) is 4.09. The number of fused-ring (bicyclic) bond motifs is 1. The van der Waals surface area contributed by atoms with Crippen LogP contribution in [-0.4, -0.2) is 29.4 Å². The smallest absolute Gasteiger partial charge is 0.232 e. The second kappa shape index (κ2) is 7.99. The van der Waals surface area contributed by atoms with E-state index in [0.717, 1.165) is 30.3 Å². The van der Waals surface area contributed by atoms with Crippen molar-refractivity contribution >= 4 is 22.4 Å². The highest BCUT2D eigenvalue weighted by Gasteiger charge is 2.19. The van der Waals surface area contributed by atoms with Gasteiger partial charge in [0, 0.05) is 36.5 Å². The first kappa shape index (κ1) is 18.0. The Bertz CT molecular complexity index is 671. The summed E-state index contributed by atoms with van der Waals surface area (Å²) in [5, 5.41) is 3.67. The Morgan fingerprint density at radius 2 is 2.17 bits per heavy atom. The van der Waals surface area contributed by atoms with Crippen LogP contribution in [0.2, 0.25) is 0 Å². The van der Waals surface area contributed by atoms with Gasteiger partial charge in [-0.05, 0) is 19.5 Å². The summed E-state index contributed by atoms with van der Waals surface area (Å²) in [4.78, 5) is 20.2. The monoisotopic (exact) mass is 396 g/mol. The Labute approximate surface area is 151 Å². The molecule has 0 saturated carbocycles. The van der Waals surface area contributed by atoms with Gasteiger partial charge in [0.05, 0.1) is 12.1 Å². The molecule has 0 bridgehead atoms. The first-order valence-corrected chi connectivity index (χ1v) is 8.34. The molecule has 3 rings (SSSR count). The Morgan fingerprint density at radius 3 is 2.91 bits per heavy atom.